The maximum Gasteiger partial charge on any atom is 0.319 e. The van der Waals surface area contributed by atoms with E-state index in [0.29, 0.717) is 23.7 Å². The van der Waals surface area contributed by atoms with Crippen molar-refractivity contribution in [3.63, 3.8) is 0 Å². The normalized spacial score (nSPS) is 9.85. The van der Waals surface area contributed by atoms with Gasteiger partial charge >= 0.3 is 6.03 Å². The first-order chi connectivity index (χ1) is 9.69. The SMILES string of the molecule is COc1ccc(NC(=O)NCc2ccccc2)cc1N. The summed E-state index contributed by atoms with van der Waals surface area (Å²) < 4.78 is 5.06. The molecule has 2 aromatic rings. The van der Waals surface area contributed by atoms with Crippen molar-refractivity contribution in [3.05, 3.63) is 54.1 Å². The number of amides is 2. The molecule has 0 aliphatic carbocycles. The van der Waals surface area contributed by atoms with E-state index >= 15 is 0 Å². The molecule has 0 spiro atoms. The lowest BCUT2D eigenvalue weighted by Gasteiger charge is -2.10. The molecule has 20 heavy (non-hydrogen) atoms. The van der Waals surface area contributed by atoms with E-state index in [1.165, 1.54) is 0 Å². The minimum atomic E-state index is -0.279. The Morgan fingerprint density at radius 3 is 2.60 bits per heavy atom. The van der Waals surface area contributed by atoms with Crippen molar-refractivity contribution < 1.29 is 9.53 Å². The highest BCUT2D eigenvalue weighted by Gasteiger charge is 2.04. The summed E-state index contributed by atoms with van der Waals surface area (Å²) in [7, 11) is 1.55. The van der Waals surface area contributed by atoms with Gasteiger partial charge in [-0.1, -0.05) is 30.3 Å². The van der Waals surface area contributed by atoms with Crippen LogP contribution in [0.1, 0.15) is 5.56 Å². The van der Waals surface area contributed by atoms with Gasteiger partial charge in [-0.05, 0) is 23.8 Å². The average Bonchev–Trinajstić information content (AvgIpc) is 2.46. The molecule has 0 saturated heterocycles. The molecule has 0 fully saturated rings. The molecule has 0 heterocycles. The molecule has 104 valence electrons. The van der Waals surface area contributed by atoms with Gasteiger partial charge in [-0.25, -0.2) is 4.79 Å². The Morgan fingerprint density at radius 1 is 1.20 bits per heavy atom. The Morgan fingerprint density at radius 2 is 1.95 bits per heavy atom. The summed E-state index contributed by atoms with van der Waals surface area (Å²) in [5.74, 6) is 0.584. The van der Waals surface area contributed by atoms with Crippen molar-refractivity contribution in [3.8, 4) is 5.75 Å². The fraction of sp³-hybridized carbons (Fsp3) is 0.133. The van der Waals surface area contributed by atoms with E-state index in [1.54, 1.807) is 25.3 Å². The van der Waals surface area contributed by atoms with Crippen LogP contribution in [-0.4, -0.2) is 13.1 Å². The summed E-state index contributed by atoms with van der Waals surface area (Å²) in [5.41, 5.74) is 7.91. The van der Waals surface area contributed by atoms with Crippen LogP contribution < -0.4 is 21.1 Å². The number of ether oxygens (including phenoxy) is 1. The molecule has 0 aliphatic heterocycles. The van der Waals surface area contributed by atoms with Gasteiger partial charge in [0.05, 0.1) is 12.8 Å². The number of benzene rings is 2. The molecular formula is C15H17N3O2. The maximum absolute atomic E-state index is 11.8. The highest BCUT2D eigenvalue weighted by atomic mass is 16.5. The number of hydrogen-bond acceptors (Lipinski definition) is 3. The Kier molecular flexibility index (Phi) is 4.44. The monoisotopic (exact) mass is 271 g/mol. The number of hydrogen-bond donors (Lipinski definition) is 3. The number of carbonyl (C=O) groups is 1. The van der Waals surface area contributed by atoms with Crippen LogP contribution in [0.25, 0.3) is 0 Å². The van der Waals surface area contributed by atoms with Crippen LogP contribution in [0, 0.1) is 0 Å². The van der Waals surface area contributed by atoms with Gasteiger partial charge in [-0.3, -0.25) is 0 Å². The lowest BCUT2D eigenvalue weighted by molar-refractivity contribution is 0.251. The number of nitrogen functional groups attached to an aromatic ring is 1. The molecule has 0 unspecified atom stereocenters. The minimum absolute atomic E-state index is 0.279. The molecule has 4 N–H and O–H groups in total. The third-order valence-corrected chi connectivity index (χ3v) is 2.78. The van der Waals surface area contributed by atoms with Crippen molar-refractivity contribution >= 4 is 17.4 Å². The summed E-state index contributed by atoms with van der Waals surface area (Å²) in [5, 5.41) is 5.49. The van der Waals surface area contributed by atoms with Gasteiger partial charge in [0.2, 0.25) is 0 Å². The van der Waals surface area contributed by atoms with E-state index in [4.69, 9.17) is 10.5 Å². The molecule has 0 atom stereocenters. The standard InChI is InChI=1S/C15H17N3O2/c1-20-14-8-7-12(9-13(14)16)18-15(19)17-10-11-5-3-2-4-6-11/h2-9H,10,16H2,1H3,(H2,17,18,19). The molecule has 0 radical (unpaired) electrons. The van der Waals surface area contributed by atoms with Crippen LogP contribution >= 0.6 is 0 Å². The van der Waals surface area contributed by atoms with Crippen LogP contribution in [0.3, 0.4) is 0 Å². The van der Waals surface area contributed by atoms with Gasteiger partial charge in [-0.15, -0.1) is 0 Å². The third kappa shape index (κ3) is 3.65. The fourth-order valence-corrected chi connectivity index (χ4v) is 1.77. The van der Waals surface area contributed by atoms with E-state index in [-0.39, 0.29) is 6.03 Å². The van der Waals surface area contributed by atoms with Gasteiger partial charge in [-0.2, -0.15) is 0 Å². The summed E-state index contributed by atoms with van der Waals surface area (Å²) >= 11 is 0. The average molecular weight is 271 g/mol. The molecule has 2 rings (SSSR count). The largest absolute Gasteiger partial charge is 0.495 e. The fourth-order valence-electron chi connectivity index (χ4n) is 1.77. The molecule has 0 aliphatic rings. The Bertz CT molecular complexity index is 585. The Hall–Kier alpha value is -2.69. The Labute approximate surface area is 117 Å². The highest BCUT2D eigenvalue weighted by molar-refractivity contribution is 5.90. The van der Waals surface area contributed by atoms with Crippen molar-refractivity contribution in [1.29, 1.82) is 0 Å². The quantitative estimate of drug-likeness (QED) is 0.748. The van der Waals surface area contributed by atoms with Crippen molar-refractivity contribution in [2.45, 2.75) is 6.54 Å². The van der Waals surface area contributed by atoms with Gasteiger partial charge < -0.3 is 21.1 Å². The minimum Gasteiger partial charge on any atom is -0.495 e. The molecule has 0 bridgehead atoms. The van der Waals surface area contributed by atoms with E-state index in [9.17, 15) is 4.79 Å². The highest BCUT2D eigenvalue weighted by Crippen LogP contribution is 2.24. The van der Waals surface area contributed by atoms with Gasteiger partial charge in [0, 0.05) is 12.2 Å². The summed E-state index contributed by atoms with van der Waals surface area (Å²) in [4.78, 5) is 11.8. The number of anilines is 2. The molecular weight excluding hydrogens is 254 g/mol. The zero-order chi connectivity index (χ0) is 14.4. The summed E-state index contributed by atoms with van der Waals surface area (Å²) in [6.45, 7) is 0.471. The molecule has 2 amide bonds. The second kappa shape index (κ2) is 6.47. The predicted octanol–water partition coefficient (Wildman–Crippen LogP) is 2.60. The number of carbonyl (C=O) groups excluding carboxylic acids is 1. The van der Waals surface area contributed by atoms with E-state index in [1.807, 2.05) is 30.3 Å². The molecule has 0 aromatic heterocycles. The van der Waals surface area contributed by atoms with Crippen LogP contribution in [0.5, 0.6) is 5.75 Å². The summed E-state index contributed by atoms with van der Waals surface area (Å²) in [6.07, 6.45) is 0. The van der Waals surface area contributed by atoms with Crippen molar-refractivity contribution in [2.24, 2.45) is 0 Å². The molecule has 0 saturated carbocycles. The first-order valence-corrected chi connectivity index (χ1v) is 6.21. The van der Waals surface area contributed by atoms with Gasteiger partial charge in [0.25, 0.3) is 0 Å². The molecule has 2 aromatic carbocycles. The smallest absolute Gasteiger partial charge is 0.319 e. The van der Waals surface area contributed by atoms with Gasteiger partial charge in [0.1, 0.15) is 5.75 Å². The van der Waals surface area contributed by atoms with Crippen LogP contribution in [0.2, 0.25) is 0 Å². The second-order valence-electron chi connectivity index (χ2n) is 4.25. The maximum atomic E-state index is 11.8. The van der Waals surface area contributed by atoms with Crippen molar-refractivity contribution in [1.82, 2.24) is 5.32 Å². The number of rotatable bonds is 4. The zero-order valence-corrected chi connectivity index (χ0v) is 11.2. The van der Waals surface area contributed by atoms with Crippen LogP contribution in [-0.2, 0) is 6.54 Å². The molecule has 5 nitrogen and oxygen atoms in total. The molecule has 5 heteroatoms. The van der Waals surface area contributed by atoms with E-state index in [2.05, 4.69) is 10.6 Å². The van der Waals surface area contributed by atoms with Crippen LogP contribution in [0.4, 0.5) is 16.2 Å². The third-order valence-electron chi connectivity index (χ3n) is 2.78. The Balaban J connectivity index is 1.90. The predicted molar refractivity (Wildman–Crippen MR) is 79.7 cm³/mol. The first-order valence-electron chi connectivity index (χ1n) is 6.21. The summed E-state index contributed by atoms with van der Waals surface area (Å²) in [6, 6.07) is 14.5. The number of urea groups is 1. The lowest BCUT2D eigenvalue weighted by atomic mass is 10.2. The number of methoxy groups -OCH3 is 1. The lowest BCUT2D eigenvalue weighted by Crippen LogP contribution is -2.28. The van der Waals surface area contributed by atoms with Crippen LogP contribution in [0.15, 0.2) is 48.5 Å². The van der Waals surface area contributed by atoms with E-state index in [0.717, 1.165) is 5.56 Å². The zero-order valence-electron chi connectivity index (χ0n) is 11.2. The topological polar surface area (TPSA) is 76.4 Å². The number of nitrogens with two attached hydrogens (primary N) is 1. The number of nitrogens with one attached hydrogen (secondary N) is 2. The first kappa shape index (κ1) is 13.7. The van der Waals surface area contributed by atoms with Crippen molar-refractivity contribution in [2.75, 3.05) is 18.2 Å². The van der Waals surface area contributed by atoms with E-state index < -0.39 is 0 Å². The van der Waals surface area contributed by atoms with Gasteiger partial charge in [0.15, 0.2) is 0 Å². The second-order valence-corrected chi connectivity index (χ2v) is 4.25.